The van der Waals surface area contributed by atoms with Crippen molar-refractivity contribution in [2.45, 2.75) is 45.1 Å². The molecule has 0 unspecified atom stereocenters. The number of fused-ring (bicyclic) bond motifs is 1. The number of hydrogen-bond donors (Lipinski definition) is 0. The Labute approximate surface area is 158 Å². The fourth-order valence-corrected chi connectivity index (χ4v) is 4.22. The molecule has 0 spiro atoms. The van der Waals surface area contributed by atoms with Crippen molar-refractivity contribution in [1.29, 1.82) is 0 Å². The first-order chi connectivity index (χ1) is 13.3. The van der Waals surface area contributed by atoms with E-state index < -0.39 is 0 Å². The van der Waals surface area contributed by atoms with E-state index in [2.05, 4.69) is 31.0 Å². The van der Waals surface area contributed by atoms with Crippen molar-refractivity contribution in [2.24, 2.45) is 0 Å². The van der Waals surface area contributed by atoms with Crippen LogP contribution in [0.25, 0.3) is 5.65 Å². The summed E-state index contributed by atoms with van der Waals surface area (Å²) in [7, 11) is 0. The van der Waals surface area contributed by atoms with E-state index in [0.717, 1.165) is 74.4 Å². The summed E-state index contributed by atoms with van der Waals surface area (Å²) in [5.74, 6) is 3.18. The van der Waals surface area contributed by atoms with Gasteiger partial charge in [0, 0.05) is 32.5 Å². The van der Waals surface area contributed by atoms with Gasteiger partial charge in [0.15, 0.2) is 17.4 Å². The van der Waals surface area contributed by atoms with E-state index in [1.165, 1.54) is 12.8 Å². The van der Waals surface area contributed by atoms with Crippen LogP contribution in [0.5, 0.6) is 0 Å². The maximum atomic E-state index is 5.32. The van der Waals surface area contributed by atoms with Gasteiger partial charge in [-0.1, -0.05) is 0 Å². The van der Waals surface area contributed by atoms with Gasteiger partial charge in [-0.15, -0.1) is 15.3 Å². The number of rotatable bonds is 4. The van der Waals surface area contributed by atoms with Crippen LogP contribution in [0, 0.1) is 6.92 Å². The molecular weight excluding hydrogens is 342 g/mol. The zero-order valence-electron chi connectivity index (χ0n) is 15.7. The lowest BCUT2D eigenvalue weighted by Crippen LogP contribution is -2.33. The Morgan fingerprint density at radius 2 is 1.89 bits per heavy atom. The number of anilines is 1. The topological polar surface area (TPSA) is 75.6 Å². The van der Waals surface area contributed by atoms with E-state index >= 15 is 0 Å². The van der Waals surface area contributed by atoms with Crippen LogP contribution < -0.4 is 4.90 Å². The Bertz CT molecular complexity index is 919. The molecule has 5 rings (SSSR count). The number of hydrogen-bond acceptors (Lipinski definition) is 7. The Balaban J connectivity index is 1.30. The highest BCUT2D eigenvalue weighted by Crippen LogP contribution is 2.28. The third-order valence-corrected chi connectivity index (χ3v) is 5.71. The Morgan fingerprint density at radius 1 is 1.07 bits per heavy atom. The van der Waals surface area contributed by atoms with Crippen LogP contribution >= 0.6 is 0 Å². The number of nitrogens with zero attached hydrogens (tertiary/aromatic N) is 7. The molecule has 0 N–H and O–H groups in total. The fourth-order valence-electron chi connectivity index (χ4n) is 4.22. The minimum absolute atomic E-state index is 0.400. The molecule has 5 heterocycles. The van der Waals surface area contributed by atoms with E-state index in [1.807, 2.05) is 17.5 Å². The average molecular weight is 367 g/mol. The number of likely N-dealkylation sites (tertiary alicyclic amines) is 1. The molecule has 0 atom stereocenters. The van der Waals surface area contributed by atoms with Gasteiger partial charge in [0.2, 0.25) is 0 Å². The van der Waals surface area contributed by atoms with Crippen LogP contribution in [0.1, 0.15) is 49.0 Å². The lowest BCUT2D eigenvalue weighted by atomic mass is 9.96. The average Bonchev–Trinajstić information content (AvgIpc) is 3.43. The Morgan fingerprint density at radius 3 is 2.63 bits per heavy atom. The molecular formula is C19H25N7O. The zero-order valence-corrected chi connectivity index (χ0v) is 15.7. The minimum atomic E-state index is 0.400. The molecule has 0 saturated carbocycles. The van der Waals surface area contributed by atoms with Crippen molar-refractivity contribution in [1.82, 2.24) is 29.7 Å². The summed E-state index contributed by atoms with van der Waals surface area (Å²) >= 11 is 0. The highest BCUT2D eigenvalue weighted by molar-refractivity contribution is 5.46. The van der Waals surface area contributed by atoms with Gasteiger partial charge >= 0.3 is 0 Å². The monoisotopic (exact) mass is 367 g/mol. The number of aryl methyl sites for hydroxylation is 1. The van der Waals surface area contributed by atoms with Crippen LogP contribution in [0.15, 0.2) is 22.8 Å². The standard InChI is InChI=1S/C19H25N7O/c1-14-20-16(13-27-14)12-24-10-6-15(7-11-24)19-22-21-17-4-5-18(23-26(17)19)25-8-2-3-9-25/h4-5,13,15H,2-3,6-12H2,1H3. The summed E-state index contributed by atoms with van der Waals surface area (Å²) < 4.78 is 7.28. The van der Waals surface area contributed by atoms with Crippen molar-refractivity contribution in [3.05, 3.63) is 35.8 Å². The van der Waals surface area contributed by atoms with Gasteiger partial charge in [0.05, 0.1) is 5.69 Å². The van der Waals surface area contributed by atoms with E-state index in [1.54, 1.807) is 6.26 Å². The molecule has 142 valence electrons. The number of aromatic nitrogens is 5. The second-order valence-corrected chi connectivity index (χ2v) is 7.62. The largest absolute Gasteiger partial charge is 0.449 e. The highest BCUT2D eigenvalue weighted by Gasteiger charge is 2.26. The Hall–Kier alpha value is -2.48. The second kappa shape index (κ2) is 6.92. The molecule has 27 heavy (non-hydrogen) atoms. The van der Waals surface area contributed by atoms with Crippen molar-refractivity contribution in [3.8, 4) is 0 Å². The van der Waals surface area contributed by atoms with Crippen LogP contribution in [0.3, 0.4) is 0 Å². The summed E-state index contributed by atoms with van der Waals surface area (Å²) in [5, 5.41) is 13.7. The van der Waals surface area contributed by atoms with E-state index in [-0.39, 0.29) is 0 Å². The smallest absolute Gasteiger partial charge is 0.191 e. The predicted octanol–water partition coefficient (Wildman–Crippen LogP) is 2.40. The molecule has 3 aromatic heterocycles. The van der Waals surface area contributed by atoms with E-state index in [9.17, 15) is 0 Å². The van der Waals surface area contributed by atoms with Gasteiger partial charge in [-0.3, -0.25) is 4.90 Å². The quantitative estimate of drug-likeness (QED) is 0.701. The minimum Gasteiger partial charge on any atom is -0.449 e. The first-order valence-corrected chi connectivity index (χ1v) is 9.87. The third-order valence-electron chi connectivity index (χ3n) is 5.71. The lowest BCUT2D eigenvalue weighted by Gasteiger charge is -2.30. The molecule has 0 bridgehead atoms. The second-order valence-electron chi connectivity index (χ2n) is 7.62. The zero-order chi connectivity index (χ0) is 18.2. The Kier molecular flexibility index (Phi) is 4.27. The molecule has 0 amide bonds. The summed E-state index contributed by atoms with van der Waals surface area (Å²) in [6.45, 7) is 6.97. The molecule has 2 aliphatic rings. The number of oxazole rings is 1. The van der Waals surface area contributed by atoms with E-state index in [0.29, 0.717) is 5.92 Å². The SMILES string of the molecule is Cc1nc(CN2CCC(c3nnc4ccc(N5CCCC5)nn34)CC2)co1. The molecule has 8 nitrogen and oxygen atoms in total. The summed E-state index contributed by atoms with van der Waals surface area (Å²) in [6.07, 6.45) is 6.38. The molecule has 0 aromatic carbocycles. The van der Waals surface area contributed by atoms with Crippen LogP contribution in [-0.4, -0.2) is 55.9 Å². The normalized spacial score (nSPS) is 19.4. The van der Waals surface area contributed by atoms with Crippen molar-refractivity contribution in [2.75, 3.05) is 31.1 Å². The summed E-state index contributed by atoms with van der Waals surface area (Å²) in [4.78, 5) is 9.20. The van der Waals surface area contributed by atoms with Crippen LogP contribution in [-0.2, 0) is 6.54 Å². The number of piperidine rings is 1. The fraction of sp³-hybridized carbons (Fsp3) is 0.579. The van der Waals surface area contributed by atoms with Gasteiger partial charge < -0.3 is 9.32 Å². The van der Waals surface area contributed by atoms with Gasteiger partial charge in [0.25, 0.3) is 0 Å². The van der Waals surface area contributed by atoms with E-state index in [4.69, 9.17) is 9.52 Å². The lowest BCUT2D eigenvalue weighted by molar-refractivity contribution is 0.198. The van der Waals surface area contributed by atoms with Gasteiger partial charge in [-0.05, 0) is 50.9 Å². The van der Waals surface area contributed by atoms with Gasteiger partial charge in [0.1, 0.15) is 12.1 Å². The maximum Gasteiger partial charge on any atom is 0.191 e. The molecule has 2 fully saturated rings. The van der Waals surface area contributed by atoms with Crippen LogP contribution in [0.4, 0.5) is 5.82 Å². The predicted molar refractivity (Wildman–Crippen MR) is 101 cm³/mol. The highest BCUT2D eigenvalue weighted by atomic mass is 16.3. The summed E-state index contributed by atoms with van der Waals surface area (Å²) in [5.41, 5.74) is 1.85. The van der Waals surface area contributed by atoms with Crippen LogP contribution in [0.2, 0.25) is 0 Å². The first kappa shape index (κ1) is 16.7. The third kappa shape index (κ3) is 3.29. The van der Waals surface area contributed by atoms with Gasteiger partial charge in [-0.2, -0.15) is 4.52 Å². The molecule has 2 saturated heterocycles. The molecule has 8 heteroatoms. The van der Waals surface area contributed by atoms with Crippen molar-refractivity contribution >= 4 is 11.5 Å². The molecule has 2 aliphatic heterocycles. The van der Waals surface area contributed by atoms with Crippen molar-refractivity contribution in [3.63, 3.8) is 0 Å². The molecule has 0 aliphatic carbocycles. The molecule has 3 aromatic rings. The first-order valence-electron chi connectivity index (χ1n) is 9.87. The van der Waals surface area contributed by atoms with Crippen molar-refractivity contribution < 1.29 is 4.42 Å². The summed E-state index contributed by atoms with van der Waals surface area (Å²) in [6, 6.07) is 4.11. The maximum absolute atomic E-state index is 5.32. The molecule has 0 radical (unpaired) electrons. The van der Waals surface area contributed by atoms with Gasteiger partial charge in [-0.25, -0.2) is 4.98 Å².